The molecule has 0 aliphatic carbocycles. The van der Waals surface area contributed by atoms with Crippen molar-refractivity contribution in [3.8, 4) is 0 Å². The van der Waals surface area contributed by atoms with Gasteiger partial charge in [-0.05, 0) is 25.7 Å². The zero-order chi connectivity index (χ0) is 32.0. The van der Waals surface area contributed by atoms with Crippen LogP contribution in [0.1, 0.15) is 232 Å². The van der Waals surface area contributed by atoms with Gasteiger partial charge >= 0.3 is 5.97 Å². The maximum Gasteiger partial charge on any atom is 0.330 e. The maximum atomic E-state index is 12.1. The summed E-state index contributed by atoms with van der Waals surface area (Å²) in [5.41, 5.74) is 1.25. The smallest absolute Gasteiger partial charge is 0.330 e. The van der Waals surface area contributed by atoms with Gasteiger partial charge in [-0.1, -0.05) is 212 Å². The van der Waals surface area contributed by atoms with E-state index >= 15 is 0 Å². The number of carbonyl (C=O) groups excluding carboxylic acids is 1. The molecule has 0 aliphatic heterocycles. The van der Waals surface area contributed by atoms with E-state index in [2.05, 4.69) is 13.8 Å². The number of carbonyl (C=O) groups is 1. The van der Waals surface area contributed by atoms with E-state index in [0.717, 1.165) is 12.8 Å². The van der Waals surface area contributed by atoms with E-state index in [-0.39, 0.29) is 19.2 Å². The predicted octanol–water partition coefficient (Wildman–Crippen LogP) is 13.8. The molecule has 0 saturated carbocycles. The van der Waals surface area contributed by atoms with Gasteiger partial charge in [0.2, 0.25) is 0 Å². The van der Waals surface area contributed by atoms with E-state index in [0.29, 0.717) is 0 Å². The van der Waals surface area contributed by atoms with Crippen LogP contribution in [0.4, 0.5) is 0 Å². The lowest BCUT2D eigenvalue weighted by Gasteiger charge is -2.09. The number of allylic oxidation sites excluding steroid dienone is 1. The fourth-order valence-electron chi connectivity index (χ4n) is 6.42. The minimum Gasteiger partial charge on any atom is -0.460 e. The Labute approximate surface area is 277 Å². The van der Waals surface area contributed by atoms with Gasteiger partial charge in [0, 0.05) is 6.08 Å². The third-order valence-electron chi connectivity index (χ3n) is 9.36. The second-order valence-corrected chi connectivity index (χ2v) is 13.8. The summed E-state index contributed by atoms with van der Waals surface area (Å²) < 4.78 is 5.12. The monoisotopic (exact) mass is 621 g/mol. The van der Waals surface area contributed by atoms with Gasteiger partial charge in [0.1, 0.15) is 6.61 Å². The van der Waals surface area contributed by atoms with Gasteiger partial charge in [0.25, 0.3) is 0 Å². The Bertz CT molecular complexity index is 546. The number of rotatable bonds is 37. The number of ether oxygens (including phenoxy) is 1. The molecule has 0 spiro atoms. The molecule has 0 saturated heterocycles. The summed E-state index contributed by atoms with van der Waals surface area (Å²) in [5, 5.41) is 8.97. The molecule has 44 heavy (non-hydrogen) atoms. The van der Waals surface area contributed by atoms with Crippen LogP contribution in [0.2, 0.25) is 0 Å². The fraction of sp³-hybridized carbons (Fsp3) is 0.927. The number of aliphatic hydroxyl groups excluding tert-OH is 1. The van der Waals surface area contributed by atoms with Gasteiger partial charge in [0.15, 0.2) is 0 Å². The highest BCUT2D eigenvalue weighted by Gasteiger charge is 2.05. The van der Waals surface area contributed by atoms with Gasteiger partial charge in [-0.25, -0.2) is 4.79 Å². The zero-order valence-corrected chi connectivity index (χ0v) is 30.3. The molecule has 0 rings (SSSR count). The molecule has 0 radical (unpaired) electrons. The molecule has 0 unspecified atom stereocenters. The topological polar surface area (TPSA) is 46.5 Å². The average molecular weight is 621 g/mol. The molecule has 1 N–H and O–H groups in total. The number of hydrogen-bond donors (Lipinski definition) is 1. The van der Waals surface area contributed by atoms with Gasteiger partial charge in [0.05, 0.1) is 6.61 Å². The molecule has 0 aromatic heterocycles. The average Bonchev–Trinajstić information content (AvgIpc) is 3.03. The van der Waals surface area contributed by atoms with E-state index in [1.54, 1.807) is 6.08 Å². The third kappa shape index (κ3) is 35.6. The first-order chi connectivity index (χ1) is 21.7. The molecule has 0 bridgehead atoms. The highest BCUT2D eigenvalue weighted by atomic mass is 16.5. The Hall–Kier alpha value is -0.830. The van der Waals surface area contributed by atoms with Crippen molar-refractivity contribution in [1.82, 2.24) is 0 Å². The van der Waals surface area contributed by atoms with Crippen LogP contribution in [-0.4, -0.2) is 24.3 Å². The summed E-state index contributed by atoms with van der Waals surface area (Å²) in [6.45, 7) is 4.58. The quantitative estimate of drug-likeness (QED) is 0.0427. The number of hydrogen-bond acceptors (Lipinski definition) is 3. The van der Waals surface area contributed by atoms with Crippen LogP contribution in [0.5, 0.6) is 0 Å². The first-order valence-corrected chi connectivity index (χ1v) is 20.2. The SMILES string of the molecule is CCCCCCCCCCCCCCCCCCC(=CC(=O)OCCO)CCCCCCCCCCCCCCCCCC. The molecule has 0 amide bonds. The molecule has 0 aromatic carbocycles. The van der Waals surface area contributed by atoms with Crippen molar-refractivity contribution < 1.29 is 14.6 Å². The Morgan fingerprint density at radius 1 is 0.432 bits per heavy atom. The second-order valence-electron chi connectivity index (χ2n) is 13.8. The molecule has 0 atom stereocenters. The highest BCUT2D eigenvalue weighted by Crippen LogP contribution is 2.20. The largest absolute Gasteiger partial charge is 0.460 e. The molecular weight excluding hydrogens is 540 g/mol. The first-order valence-electron chi connectivity index (χ1n) is 20.2. The van der Waals surface area contributed by atoms with Crippen molar-refractivity contribution in [2.75, 3.05) is 13.2 Å². The van der Waals surface area contributed by atoms with Crippen LogP contribution in [0, 0.1) is 0 Å². The van der Waals surface area contributed by atoms with Crippen molar-refractivity contribution in [2.45, 2.75) is 232 Å². The van der Waals surface area contributed by atoms with Crippen LogP contribution in [0.3, 0.4) is 0 Å². The lowest BCUT2D eigenvalue weighted by Crippen LogP contribution is -2.06. The maximum absolute atomic E-state index is 12.1. The Balaban J connectivity index is 3.77. The van der Waals surface area contributed by atoms with E-state index in [1.807, 2.05) is 0 Å². The summed E-state index contributed by atoms with van der Waals surface area (Å²) in [4.78, 5) is 12.1. The number of esters is 1. The molecule has 3 nitrogen and oxygen atoms in total. The summed E-state index contributed by atoms with van der Waals surface area (Å²) in [6, 6.07) is 0. The van der Waals surface area contributed by atoms with Crippen LogP contribution >= 0.6 is 0 Å². The summed E-state index contributed by atoms with van der Waals surface area (Å²) in [7, 11) is 0. The van der Waals surface area contributed by atoms with Crippen LogP contribution in [0.15, 0.2) is 11.6 Å². The molecule has 3 heteroatoms. The summed E-state index contributed by atoms with van der Waals surface area (Å²) in [5.74, 6) is -0.276. The molecule has 262 valence electrons. The molecule has 0 heterocycles. The predicted molar refractivity (Wildman–Crippen MR) is 194 cm³/mol. The van der Waals surface area contributed by atoms with Crippen molar-refractivity contribution in [2.24, 2.45) is 0 Å². The van der Waals surface area contributed by atoms with Gasteiger partial charge in [-0.3, -0.25) is 0 Å². The van der Waals surface area contributed by atoms with Crippen LogP contribution < -0.4 is 0 Å². The Kier molecular flexibility index (Phi) is 37.6. The number of aliphatic hydroxyl groups is 1. The van der Waals surface area contributed by atoms with Gasteiger partial charge in [-0.2, -0.15) is 0 Å². The Morgan fingerprint density at radius 2 is 0.682 bits per heavy atom. The van der Waals surface area contributed by atoms with Crippen molar-refractivity contribution in [3.05, 3.63) is 11.6 Å². The molecular formula is C41H80O3. The standard InChI is InChI=1S/C41H80O3/c1-3-5-7-9-11-13-15-17-19-21-23-25-27-29-31-33-35-40(39-41(43)44-38-37-42)36-34-32-30-28-26-24-22-20-18-16-14-12-10-8-6-4-2/h39,42H,3-38H2,1-2H3. The van der Waals surface area contributed by atoms with Crippen LogP contribution in [0.25, 0.3) is 0 Å². The highest BCUT2D eigenvalue weighted by molar-refractivity contribution is 5.82. The van der Waals surface area contributed by atoms with E-state index in [9.17, 15) is 4.79 Å². The zero-order valence-electron chi connectivity index (χ0n) is 30.3. The molecule has 0 fully saturated rings. The van der Waals surface area contributed by atoms with E-state index < -0.39 is 0 Å². The molecule has 0 aliphatic rings. The van der Waals surface area contributed by atoms with Crippen molar-refractivity contribution in [3.63, 3.8) is 0 Å². The summed E-state index contributed by atoms with van der Waals surface area (Å²) >= 11 is 0. The number of unbranched alkanes of at least 4 members (excludes halogenated alkanes) is 30. The van der Waals surface area contributed by atoms with Crippen molar-refractivity contribution in [1.29, 1.82) is 0 Å². The normalized spacial score (nSPS) is 11.2. The fourth-order valence-corrected chi connectivity index (χ4v) is 6.42. The van der Waals surface area contributed by atoms with Gasteiger partial charge in [-0.15, -0.1) is 0 Å². The third-order valence-corrected chi connectivity index (χ3v) is 9.36. The lowest BCUT2D eigenvalue weighted by molar-refractivity contribution is -0.138. The van der Waals surface area contributed by atoms with Crippen molar-refractivity contribution >= 4 is 5.97 Å². The minimum atomic E-state index is -0.276. The van der Waals surface area contributed by atoms with Gasteiger partial charge < -0.3 is 9.84 Å². The lowest BCUT2D eigenvalue weighted by atomic mass is 9.98. The Morgan fingerprint density at radius 3 is 0.932 bits per heavy atom. The second kappa shape index (κ2) is 38.4. The summed E-state index contributed by atoms with van der Waals surface area (Å²) in [6.07, 6.45) is 48.0. The van der Waals surface area contributed by atoms with E-state index in [1.165, 1.54) is 211 Å². The van der Waals surface area contributed by atoms with E-state index in [4.69, 9.17) is 9.84 Å². The first kappa shape index (κ1) is 43.2. The molecule has 0 aromatic rings. The van der Waals surface area contributed by atoms with Crippen LogP contribution in [-0.2, 0) is 9.53 Å². The minimum absolute atomic E-state index is 0.0979.